The van der Waals surface area contributed by atoms with Gasteiger partial charge in [-0.15, -0.1) is 0 Å². The molecule has 0 aliphatic heterocycles. The summed E-state index contributed by atoms with van der Waals surface area (Å²) in [4.78, 5) is 11.0. The number of ether oxygens (including phenoxy) is 1. The molecule has 0 spiro atoms. The van der Waals surface area contributed by atoms with Crippen molar-refractivity contribution in [3.63, 3.8) is 0 Å². The topological polar surface area (TPSA) is 26.3 Å². The molecule has 0 aliphatic carbocycles. The Kier molecular flexibility index (Phi) is 7.71. The molecule has 0 amide bonds. The minimum Gasteiger partial charge on any atom is -0.462 e. The normalized spacial score (nSPS) is 15.1. The van der Waals surface area contributed by atoms with Crippen molar-refractivity contribution in [1.29, 1.82) is 0 Å². The highest BCUT2D eigenvalue weighted by atomic mass is 19.4. The zero-order chi connectivity index (χ0) is 25.5. The molecule has 0 unspecified atom stereocenters. The quantitative estimate of drug-likeness (QED) is 0.215. The average Bonchev–Trinajstić information content (AvgIpc) is 2.58. The molecule has 0 aromatic carbocycles. The zero-order valence-corrected chi connectivity index (χ0v) is 14.2. The van der Waals surface area contributed by atoms with Gasteiger partial charge in [0.15, 0.2) is 6.67 Å². The van der Waals surface area contributed by atoms with Crippen LogP contribution in [0.15, 0.2) is 12.2 Å². The number of carbonyl (C=O) groups excluding carboxylic acids is 1. The van der Waals surface area contributed by atoms with E-state index in [4.69, 9.17) is 0 Å². The molecule has 0 rings (SSSR count). The molecule has 31 heavy (non-hydrogen) atoms. The van der Waals surface area contributed by atoms with E-state index in [0.29, 0.717) is 0 Å². The van der Waals surface area contributed by atoms with Crippen molar-refractivity contribution >= 4 is 5.97 Å². The molecule has 2 nitrogen and oxygen atoms in total. The SMILES string of the molecule is C=C(C(=O)OCCC(F)(F)C(F)(F)C(F)(F)C(F)(F)C(F)(F)C(F)(F)F)C(F)(F)CF. The Hall–Kier alpha value is -1.91. The fourth-order valence-electron chi connectivity index (χ4n) is 1.55. The van der Waals surface area contributed by atoms with Crippen LogP contribution in [0.3, 0.4) is 0 Å². The van der Waals surface area contributed by atoms with Crippen LogP contribution in [0.4, 0.5) is 70.2 Å². The molecule has 18 heteroatoms. The van der Waals surface area contributed by atoms with Crippen LogP contribution < -0.4 is 0 Å². The van der Waals surface area contributed by atoms with Crippen molar-refractivity contribution in [3.8, 4) is 0 Å². The molecule has 0 aromatic heterocycles. The Balaban J connectivity index is 5.70. The second-order valence-corrected chi connectivity index (χ2v) is 5.70. The minimum atomic E-state index is -8.10. The van der Waals surface area contributed by atoms with E-state index in [9.17, 15) is 75.0 Å². The van der Waals surface area contributed by atoms with Gasteiger partial charge in [-0.1, -0.05) is 6.58 Å². The molecule has 0 atom stereocenters. The third-order valence-corrected chi connectivity index (χ3v) is 3.50. The maximum absolute atomic E-state index is 13.4. The van der Waals surface area contributed by atoms with Gasteiger partial charge in [0.05, 0.1) is 13.0 Å². The average molecular weight is 500 g/mol. The van der Waals surface area contributed by atoms with Crippen molar-refractivity contribution in [2.24, 2.45) is 0 Å². The molecule has 0 heterocycles. The van der Waals surface area contributed by atoms with E-state index >= 15 is 0 Å². The first kappa shape index (κ1) is 29.1. The molecular formula is C13H8F16O2. The van der Waals surface area contributed by atoms with E-state index in [2.05, 4.69) is 11.3 Å². The fourth-order valence-corrected chi connectivity index (χ4v) is 1.55. The van der Waals surface area contributed by atoms with Gasteiger partial charge in [-0.3, -0.25) is 0 Å². The minimum absolute atomic E-state index is 2.06. The van der Waals surface area contributed by atoms with Crippen LogP contribution in [0.25, 0.3) is 0 Å². The number of carbonyl (C=O) groups is 1. The number of hydrogen-bond donors (Lipinski definition) is 0. The maximum Gasteiger partial charge on any atom is 0.460 e. The number of hydrogen-bond acceptors (Lipinski definition) is 2. The van der Waals surface area contributed by atoms with Crippen LogP contribution in [-0.4, -0.2) is 61.0 Å². The molecule has 0 aliphatic rings. The van der Waals surface area contributed by atoms with Crippen molar-refractivity contribution in [1.82, 2.24) is 0 Å². The van der Waals surface area contributed by atoms with Crippen molar-refractivity contribution in [2.75, 3.05) is 13.3 Å². The number of esters is 1. The Labute approximate surface area is 160 Å². The lowest BCUT2D eigenvalue weighted by atomic mass is 9.93. The van der Waals surface area contributed by atoms with E-state index in [1.807, 2.05) is 0 Å². The van der Waals surface area contributed by atoms with E-state index in [0.717, 1.165) is 0 Å². The van der Waals surface area contributed by atoms with Crippen LogP contribution in [0.2, 0.25) is 0 Å². The van der Waals surface area contributed by atoms with Crippen molar-refractivity contribution < 1.29 is 79.8 Å². The lowest BCUT2D eigenvalue weighted by Gasteiger charge is -2.39. The van der Waals surface area contributed by atoms with Gasteiger partial charge in [-0.2, -0.15) is 65.9 Å². The van der Waals surface area contributed by atoms with Crippen LogP contribution in [0.5, 0.6) is 0 Å². The summed E-state index contributed by atoms with van der Waals surface area (Å²) in [7, 11) is 0. The van der Waals surface area contributed by atoms with E-state index in [1.165, 1.54) is 0 Å². The molecule has 0 N–H and O–H groups in total. The predicted octanol–water partition coefficient (Wildman–Crippen LogP) is 5.82. The molecule has 0 radical (unpaired) electrons. The summed E-state index contributed by atoms with van der Waals surface area (Å²) in [6.07, 6.45) is -10.5. The van der Waals surface area contributed by atoms with Crippen LogP contribution in [0.1, 0.15) is 6.42 Å². The van der Waals surface area contributed by atoms with Gasteiger partial charge in [0.1, 0.15) is 5.57 Å². The fraction of sp³-hybridized carbons (Fsp3) is 0.769. The Morgan fingerprint density at radius 2 is 1.06 bits per heavy atom. The lowest BCUT2D eigenvalue weighted by molar-refractivity contribution is -0.440. The third-order valence-electron chi connectivity index (χ3n) is 3.50. The first-order valence-corrected chi connectivity index (χ1v) is 7.11. The second-order valence-electron chi connectivity index (χ2n) is 5.70. The van der Waals surface area contributed by atoms with Gasteiger partial charge in [0.2, 0.25) is 0 Å². The van der Waals surface area contributed by atoms with E-state index < -0.39 is 73.0 Å². The molecular weight excluding hydrogens is 492 g/mol. The number of alkyl halides is 16. The van der Waals surface area contributed by atoms with Gasteiger partial charge < -0.3 is 4.74 Å². The Morgan fingerprint density at radius 3 is 1.42 bits per heavy atom. The largest absolute Gasteiger partial charge is 0.462 e. The van der Waals surface area contributed by atoms with Gasteiger partial charge in [-0.25, -0.2) is 9.18 Å². The summed E-state index contributed by atoms with van der Waals surface area (Å²) in [6, 6.07) is 0. The first-order chi connectivity index (χ1) is 13.3. The van der Waals surface area contributed by atoms with Gasteiger partial charge in [-0.05, 0) is 0 Å². The highest BCUT2D eigenvalue weighted by Crippen LogP contribution is 2.60. The van der Waals surface area contributed by atoms with Crippen LogP contribution in [-0.2, 0) is 9.53 Å². The predicted molar refractivity (Wildman–Crippen MR) is 66.4 cm³/mol. The zero-order valence-electron chi connectivity index (χ0n) is 14.2. The Morgan fingerprint density at radius 1 is 0.677 bits per heavy atom. The smallest absolute Gasteiger partial charge is 0.460 e. The molecule has 0 saturated carbocycles. The van der Waals surface area contributed by atoms with E-state index in [1.54, 1.807) is 0 Å². The third kappa shape index (κ3) is 4.80. The molecule has 0 aromatic rings. The van der Waals surface area contributed by atoms with Gasteiger partial charge >= 0.3 is 47.7 Å². The first-order valence-electron chi connectivity index (χ1n) is 7.11. The van der Waals surface area contributed by atoms with Crippen molar-refractivity contribution in [2.45, 2.75) is 48.1 Å². The summed E-state index contributed by atoms with van der Waals surface area (Å²) in [5.41, 5.74) is -2.06. The highest BCUT2D eigenvalue weighted by molar-refractivity contribution is 5.89. The summed E-state index contributed by atoms with van der Waals surface area (Å²) >= 11 is 0. The molecule has 184 valence electrons. The number of rotatable bonds is 10. The summed E-state index contributed by atoms with van der Waals surface area (Å²) in [5, 5.41) is 0. The number of halogens is 16. The molecule has 0 bridgehead atoms. The van der Waals surface area contributed by atoms with Crippen LogP contribution in [0, 0.1) is 0 Å². The van der Waals surface area contributed by atoms with Gasteiger partial charge in [0.25, 0.3) is 0 Å². The summed E-state index contributed by atoms with van der Waals surface area (Å²) in [6.45, 7) is -2.56. The maximum atomic E-state index is 13.4. The second kappa shape index (κ2) is 8.22. The monoisotopic (exact) mass is 500 g/mol. The summed E-state index contributed by atoms with van der Waals surface area (Å²) < 4.78 is 207. The van der Waals surface area contributed by atoms with Gasteiger partial charge in [0, 0.05) is 0 Å². The highest BCUT2D eigenvalue weighted by Gasteiger charge is 2.90. The van der Waals surface area contributed by atoms with Crippen LogP contribution >= 0.6 is 0 Å². The van der Waals surface area contributed by atoms with Crippen molar-refractivity contribution in [3.05, 3.63) is 12.2 Å². The Bertz CT molecular complexity index is 677. The standard InChI is InChI=1S/C13H8F16O2/c1-5(7(15,16)4-14)6(30)31-3-2-8(17,18)9(19,20)10(21,22)11(23,24)12(25,26)13(27,28)29/h1-4H2. The summed E-state index contributed by atoms with van der Waals surface area (Å²) in [5.74, 6) is -45.2. The lowest BCUT2D eigenvalue weighted by Crippen LogP contribution is -2.70. The molecule has 0 saturated heterocycles. The molecule has 0 fully saturated rings. The van der Waals surface area contributed by atoms with E-state index in [-0.39, 0.29) is 0 Å².